The van der Waals surface area contributed by atoms with E-state index in [1.165, 1.54) is 6.07 Å². The van der Waals surface area contributed by atoms with Crippen LogP contribution in [0.1, 0.15) is 23.9 Å². The van der Waals surface area contributed by atoms with Gasteiger partial charge in [-0.05, 0) is 19.4 Å². The number of nitro groups is 1. The second kappa shape index (κ2) is 5.69. The standard InChI is InChI=1S/C10H12N2O4/c1-2-3-4-7-11-10(13)8-5-6-9(16-8)12(14)15/h2-3,5-6H,4,7H2,1H3,(H,11,13)/b3-2+. The first-order valence-electron chi connectivity index (χ1n) is 4.78. The Morgan fingerprint density at radius 2 is 2.38 bits per heavy atom. The summed E-state index contributed by atoms with van der Waals surface area (Å²) in [5, 5.41) is 12.9. The number of nitrogens with zero attached hydrogens (tertiary/aromatic N) is 1. The topological polar surface area (TPSA) is 85.4 Å². The monoisotopic (exact) mass is 224 g/mol. The third kappa shape index (κ3) is 3.23. The van der Waals surface area contributed by atoms with Crippen molar-refractivity contribution in [1.29, 1.82) is 0 Å². The highest BCUT2D eigenvalue weighted by atomic mass is 16.6. The number of allylic oxidation sites excluding steroid dienone is 1. The highest BCUT2D eigenvalue weighted by molar-refractivity contribution is 5.91. The van der Waals surface area contributed by atoms with E-state index in [2.05, 4.69) is 5.32 Å². The SMILES string of the molecule is C/C=C/CCNC(=O)c1ccc([N+](=O)[O-])o1. The Bertz CT molecular complexity index is 409. The number of amides is 1. The van der Waals surface area contributed by atoms with Gasteiger partial charge in [0.1, 0.15) is 4.92 Å². The molecule has 0 aliphatic heterocycles. The second-order valence-corrected chi connectivity index (χ2v) is 3.01. The lowest BCUT2D eigenvalue weighted by Gasteiger charge is -1.98. The Balaban J connectivity index is 2.49. The largest absolute Gasteiger partial charge is 0.433 e. The van der Waals surface area contributed by atoms with Crippen LogP contribution < -0.4 is 5.32 Å². The van der Waals surface area contributed by atoms with Gasteiger partial charge in [0.2, 0.25) is 0 Å². The predicted molar refractivity (Wildman–Crippen MR) is 57.1 cm³/mol. The zero-order valence-electron chi connectivity index (χ0n) is 8.80. The smallest absolute Gasteiger partial charge is 0.395 e. The average Bonchev–Trinajstić information content (AvgIpc) is 2.73. The van der Waals surface area contributed by atoms with E-state index in [9.17, 15) is 14.9 Å². The molecule has 0 aromatic carbocycles. The van der Waals surface area contributed by atoms with Gasteiger partial charge in [0.25, 0.3) is 5.91 Å². The Morgan fingerprint density at radius 1 is 1.62 bits per heavy atom. The summed E-state index contributed by atoms with van der Waals surface area (Å²) >= 11 is 0. The molecule has 0 atom stereocenters. The van der Waals surface area contributed by atoms with Crippen LogP contribution in [0.15, 0.2) is 28.7 Å². The van der Waals surface area contributed by atoms with Crippen molar-refractivity contribution in [1.82, 2.24) is 5.32 Å². The van der Waals surface area contributed by atoms with E-state index < -0.39 is 16.7 Å². The molecule has 0 saturated heterocycles. The van der Waals surface area contributed by atoms with E-state index in [4.69, 9.17) is 4.42 Å². The van der Waals surface area contributed by atoms with E-state index in [1.54, 1.807) is 0 Å². The minimum atomic E-state index is -0.684. The van der Waals surface area contributed by atoms with E-state index >= 15 is 0 Å². The van der Waals surface area contributed by atoms with Crippen molar-refractivity contribution in [2.45, 2.75) is 13.3 Å². The Morgan fingerprint density at radius 3 is 2.94 bits per heavy atom. The molecule has 0 aliphatic rings. The van der Waals surface area contributed by atoms with Crippen LogP contribution in [-0.2, 0) is 0 Å². The van der Waals surface area contributed by atoms with E-state index in [1.807, 2.05) is 19.1 Å². The Labute approximate surface area is 92.1 Å². The molecule has 1 N–H and O–H groups in total. The van der Waals surface area contributed by atoms with Crippen LogP contribution in [0.5, 0.6) is 0 Å². The molecule has 1 amide bonds. The molecule has 0 radical (unpaired) electrons. The zero-order valence-corrected chi connectivity index (χ0v) is 8.80. The van der Waals surface area contributed by atoms with Crippen LogP contribution in [-0.4, -0.2) is 17.4 Å². The fourth-order valence-electron chi connectivity index (χ4n) is 1.07. The third-order valence-electron chi connectivity index (χ3n) is 1.83. The summed E-state index contributed by atoms with van der Waals surface area (Å²) in [6, 6.07) is 2.43. The summed E-state index contributed by atoms with van der Waals surface area (Å²) in [5.74, 6) is -0.927. The van der Waals surface area contributed by atoms with E-state index in [-0.39, 0.29) is 5.76 Å². The molecule has 0 spiro atoms. The number of carbonyl (C=O) groups is 1. The maximum Gasteiger partial charge on any atom is 0.433 e. The molecule has 0 aliphatic carbocycles. The van der Waals surface area contributed by atoms with Crippen molar-refractivity contribution in [3.8, 4) is 0 Å². The van der Waals surface area contributed by atoms with E-state index in [0.29, 0.717) is 13.0 Å². The van der Waals surface area contributed by atoms with E-state index in [0.717, 1.165) is 6.07 Å². The van der Waals surface area contributed by atoms with Crippen LogP contribution in [0.2, 0.25) is 0 Å². The minimum absolute atomic E-state index is 0.0489. The molecular weight excluding hydrogens is 212 g/mol. The normalized spacial score (nSPS) is 10.6. The number of carbonyl (C=O) groups excluding carboxylic acids is 1. The summed E-state index contributed by atoms with van der Waals surface area (Å²) in [6.07, 6.45) is 4.50. The van der Waals surface area contributed by atoms with Crippen LogP contribution in [0.3, 0.4) is 0 Å². The number of furan rings is 1. The summed E-state index contributed by atoms with van der Waals surface area (Å²) in [7, 11) is 0. The van der Waals surface area contributed by atoms with Crippen molar-refractivity contribution >= 4 is 11.8 Å². The van der Waals surface area contributed by atoms with Gasteiger partial charge in [-0.25, -0.2) is 0 Å². The lowest BCUT2D eigenvalue weighted by Crippen LogP contribution is -2.23. The summed E-state index contributed by atoms with van der Waals surface area (Å²) in [6.45, 7) is 2.36. The van der Waals surface area contributed by atoms with Crippen LogP contribution in [0, 0.1) is 10.1 Å². The Kier molecular flexibility index (Phi) is 4.26. The highest BCUT2D eigenvalue weighted by Crippen LogP contribution is 2.15. The number of rotatable bonds is 5. The number of hydrogen-bond acceptors (Lipinski definition) is 4. The van der Waals surface area contributed by atoms with Gasteiger partial charge < -0.3 is 9.73 Å². The number of nitrogens with one attached hydrogen (secondary N) is 1. The highest BCUT2D eigenvalue weighted by Gasteiger charge is 2.16. The molecule has 6 heteroatoms. The fourth-order valence-corrected chi connectivity index (χ4v) is 1.07. The van der Waals surface area contributed by atoms with Gasteiger partial charge in [0.05, 0.1) is 6.07 Å². The number of hydrogen-bond donors (Lipinski definition) is 1. The fraction of sp³-hybridized carbons (Fsp3) is 0.300. The van der Waals surface area contributed by atoms with Crippen LogP contribution in [0.25, 0.3) is 0 Å². The molecule has 1 rings (SSSR count). The summed E-state index contributed by atoms with van der Waals surface area (Å²) in [4.78, 5) is 21.0. The molecule has 86 valence electrons. The van der Waals surface area contributed by atoms with Gasteiger partial charge in [0.15, 0.2) is 5.76 Å². The second-order valence-electron chi connectivity index (χ2n) is 3.01. The molecule has 0 fully saturated rings. The first-order valence-corrected chi connectivity index (χ1v) is 4.78. The molecule has 0 saturated carbocycles. The lowest BCUT2D eigenvalue weighted by atomic mass is 10.3. The maximum absolute atomic E-state index is 11.4. The zero-order chi connectivity index (χ0) is 12.0. The minimum Gasteiger partial charge on any atom is -0.395 e. The van der Waals surface area contributed by atoms with Gasteiger partial charge in [-0.3, -0.25) is 14.9 Å². The Hall–Kier alpha value is -2.11. The molecular formula is C10H12N2O4. The molecule has 1 aromatic rings. The summed E-state index contributed by atoms with van der Waals surface area (Å²) in [5.41, 5.74) is 0. The lowest BCUT2D eigenvalue weighted by molar-refractivity contribution is -0.402. The first-order chi connectivity index (χ1) is 7.65. The van der Waals surface area contributed by atoms with Gasteiger partial charge in [-0.1, -0.05) is 12.2 Å². The van der Waals surface area contributed by atoms with Gasteiger partial charge >= 0.3 is 5.88 Å². The van der Waals surface area contributed by atoms with Gasteiger partial charge in [-0.2, -0.15) is 0 Å². The molecule has 1 aromatic heterocycles. The molecule has 16 heavy (non-hydrogen) atoms. The van der Waals surface area contributed by atoms with Crippen molar-refractivity contribution in [3.63, 3.8) is 0 Å². The van der Waals surface area contributed by atoms with Crippen molar-refractivity contribution in [2.75, 3.05) is 6.54 Å². The van der Waals surface area contributed by atoms with Crippen LogP contribution in [0.4, 0.5) is 5.88 Å². The van der Waals surface area contributed by atoms with Gasteiger partial charge in [0, 0.05) is 6.54 Å². The van der Waals surface area contributed by atoms with Crippen molar-refractivity contribution in [2.24, 2.45) is 0 Å². The quantitative estimate of drug-likeness (QED) is 0.358. The van der Waals surface area contributed by atoms with Crippen molar-refractivity contribution < 1.29 is 14.1 Å². The maximum atomic E-state index is 11.4. The molecule has 0 bridgehead atoms. The third-order valence-corrected chi connectivity index (χ3v) is 1.83. The van der Waals surface area contributed by atoms with Crippen molar-refractivity contribution in [3.05, 3.63) is 40.2 Å². The molecule has 1 heterocycles. The first kappa shape index (κ1) is 12.0. The summed E-state index contributed by atoms with van der Waals surface area (Å²) < 4.78 is 4.73. The molecule has 0 unspecified atom stereocenters. The van der Waals surface area contributed by atoms with Gasteiger partial charge in [-0.15, -0.1) is 0 Å². The van der Waals surface area contributed by atoms with Crippen LogP contribution >= 0.6 is 0 Å². The average molecular weight is 224 g/mol. The predicted octanol–water partition coefficient (Wildman–Crippen LogP) is 1.88. The molecule has 6 nitrogen and oxygen atoms in total.